The molecule has 0 amide bonds. The van der Waals surface area contributed by atoms with Crippen LogP contribution < -0.4 is 4.74 Å². The van der Waals surface area contributed by atoms with Crippen LogP contribution in [0.15, 0.2) is 84.5 Å². The summed E-state index contributed by atoms with van der Waals surface area (Å²) >= 11 is 0. The van der Waals surface area contributed by atoms with Gasteiger partial charge in [-0.15, -0.1) is 0 Å². The molecule has 2 aromatic carbocycles. The molecule has 0 radical (unpaired) electrons. The molecule has 0 atom stereocenters. The number of aromatic hydroxyl groups is 1. The maximum atomic E-state index is 11.6. The molecular formula is C28H32O6. The lowest BCUT2D eigenvalue weighted by Crippen LogP contribution is -2.14. The fourth-order valence-corrected chi connectivity index (χ4v) is 2.25. The van der Waals surface area contributed by atoms with E-state index in [0.717, 1.165) is 16.7 Å². The number of hydrogen-bond donors (Lipinski definition) is 1. The van der Waals surface area contributed by atoms with Crippen molar-refractivity contribution in [2.45, 2.75) is 20.8 Å². The van der Waals surface area contributed by atoms with E-state index >= 15 is 0 Å². The van der Waals surface area contributed by atoms with Crippen molar-refractivity contribution in [3.63, 3.8) is 0 Å². The zero-order valence-electron chi connectivity index (χ0n) is 20.1. The molecule has 1 N–H and O–H groups in total. The fourth-order valence-electron chi connectivity index (χ4n) is 2.25. The minimum atomic E-state index is -0.393. The Kier molecular flexibility index (Phi) is 12.9. The zero-order chi connectivity index (χ0) is 25.3. The van der Waals surface area contributed by atoms with Crippen LogP contribution in [0, 0.1) is 0 Å². The first-order chi connectivity index (χ1) is 16.2. The van der Waals surface area contributed by atoms with Crippen molar-refractivity contribution in [3.8, 4) is 11.5 Å². The molecule has 6 nitrogen and oxygen atoms in total. The summed E-state index contributed by atoms with van der Waals surface area (Å²) in [6.07, 6.45) is 9.63. The Labute approximate surface area is 201 Å². The van der Waals surface area contributed by atoms with Gasteiger partial charge in [-0.3, -0.25) is 0 Å². The van der Waals surface area contributed by atoms with Gasteiger partial charge in [0.1, 0.15) is 18.1 Å². The Morgan fingerprint density at radius 1 is 0.912 bits per heavy atom. The molecule has 2 rings (SSSR count). The topological polar surface area (TPSA) is 82.1 Å². The minimum Gasteiger partial charge on any atom is -0.508 e. The first kappa shape index (κ1) is 28.0. The number of rotatable bonds is 9. The number of allylic oxidation sites excluding steroid dienone is 3. The van der Waals surface area contributed by atoms with Gasteiger partial charge in [-0.25, -0.2) is 9.59 Å². The molecule has 0 aliphatic heterocycles. The van der Waals surface area contributed by atoms with Gasteiger partial charge in [-0.1, -0.05) is 60.7 Å². The fraction of sp³-hybridized carbons (Fsp3) is 0.214. The number of phenolic OH excluding ortho intramolecular Hbond substituents is 1. The summed E-state index contributed by atoms with van der Waals surface area (Å²) in [6, 6.07) is 14.4. The number of hydrogen-bond acceptors (Lipinski definition) is 6. The highest BCUT2D eigenvalue weighted by Gasteiger charge is 2.03. The van der Waals surface area contributed by atoms with Crippen LogP contribution in [0.1, 0.15) is 31.9 Å². The molecule has 34 heavy (non-hydrogen) atoms. The number of carbonyl (C=O) groups is 2. The molecule has 0 saturated heterocycles. The average molecular weight is 465 g/mol. The van der Waals surface area contributed by atoms with Crippen molar-refractivity contribution in [1.82, 2.24) is 0 Å². The summed E-state index contributed by atoms with van der Waals surface area (Å²) < 4.78 is 14.7. The second-order valence-electron chi connectivity index (χ2n) is 7.40. The van der Waals surface area contributed by atoms with Crippen LogP contribution >= 0.6 is 0 Å². The van der Waals surface area contributed by atoms with Crippen LogP contribution in [0.25, 0.3) is 12.2 Å². The second-order valence-corrected chi connectivity index (χ2v) is 7.40. The summed E-state index contributed by atoms with van der Waals surface area (Å²) in [7, 11) is 1.33. The Morgan fingerprint density at radius 3 is 1.88 bits per heavy atom. The van der Waals surface area contributed by atoms with E-state index in [0.29, 0.717) is 11.3 Å². The third-order valence-electron chi connectivity index (χ3n) is 4.09. The summed E-state index contributed by atoms with van der Waals surface area (Å²) in [5.41, 5.74) is 3.56. The van der Waals surface area contributed by atoms with Gasteiger partial charge in [-0.05, 0) is 62.2 Å². The Morgan fingerprint density at radius 2 is 1.44 bits per heavy atom. The molecule has 0 fully saturated rings. The number of methoxy groups -OCH3 is 1. The van der Waals surface area contributed by atoms with Gasteiger partial charge in [0.05, 0.1) is 7.11 Å². The predicted molar refractivity (Wildman–Crippen MR) is 135 cm³/mol. The summed E-state index contributed by atoms with van der Waals surface area (Å²) in [4.78, 5) is 21.8. The van der Waals surface area contributed by atoms with Gasteiger partial charge in [0, 0.05) is 5.57 Å². The van der Waals surface area contributed by atoms with E-state index in [4.69, 9.17) is 9.47 Å². The highest BCUT2D eigenvalue weighted by Crippen LogP contribution is 2.14. The van der Waals surface area contributed by atoms with Gasteiger partial charge in [0.15, 0.2) is 6.61 Å². The highest BCUT2D eigenvalue weighted by molar-refractivity contribution is 5.86. The number of phenols is 1. The average Bonchev–Trinajstić information content (AvgIpc) is 2.82. The smallest absolute Gasteiger partial charge is 0.344 e. The number of benzene rings is 2. The Bertz CT molecular complexity index is 1010. The summed E-state index contributed by atoms with van der Waals surface area (Å²) in [6.45, 7) is 9.01. The van der Waals surface area contributed by atoms with Gasteiger partial charge < -0.3 is 19.3 Å². The molecule has 180 valence electrons. The molecule has 0 saturated carbocycles. The first-order valence-corrected chi connectivity index (χ1v) is 10.6. The van der Waals surface area contributed by atoms with Crippen LogP contribution in [-0.2, 0) is 19.1 Å². The highest BCUT2D eigenvalue weighted by atomic mass is 16.6. The van der Waals surface area contributed by atoms with E-state index in [1.807, 2.05) is 80.6 Å². The molecule has 0 aromatic heterocycles. The molecule has 0 aliphatic carbocycles. The molecule has 2 aromatic rings. The maximum Gasteiger partial charge on any atom is 0.344 e. The SMILES string of the molecule is C=C(C)C(=O)OC.CC(C)=CCOC(=O)COc1ccc(C=CC=Cc2ccc(O)cc2)cc1. The van der Waals surface area contributed by atoms with Crippen molar-refractivity contribution in [3.05, 3.63) is 95.6 Å². The Hall–Kier alpha value is -4.06. The Balaban J connectivity index is 0.000000718. The quantitative estimate of drug-likeness (QED) is 0.220. The molecule has 0 aliphatic rings. The van der Waals surface area contributed by atoms with E-state index < -0.39 is 5.97 Å². The van der Waals surface area contributed by atoms with Crippen molar-refractivity contribution in [1.29, 1.82) is 0 Å². The van der Waals surface area contributed by atoms with Crippen LogP contribution in [0.2, 0.25) is 0 Å². The molecule has 6 heteroatoms. The molecule has 0 bridgehead atoms. The standard InChI is InChI=1S/C23H24O4.C5H8O2/c1-18(2)15-16-26-23(25)17-27-22-13-9-20(10-14-22)6-4-3-5-19-7-11-21(24)12-8-19;1-4(2)5(6)7-3/h3-15,24H,16-17H2,1-2H3;1H2,2-3H3. The third-order valence-corrected chi connectivity index (χ3v) is 4.09. The first-order valence-electron chi connectivity index (χ1n) is 10.6. The van der Waals surface area contributed by atoms with Crippen LogP contribution in [0.4, 0.5) is 0 Å². The monoisotopic (exact) mass is 464 g/mol. The molecular weight excluding hydrogens is 432 g/mol. The summed E-state index contributed by atoms with van der Waals surface area (Å²) in [5, 5.41) is 9.25. The van der Waals surface area contributed by atoms with Crippen molar-refractivity contribution < 1.29 is 28.9 Å². The van der Waals surface area contributed by atoms with Gasteiger partial charge >= 0.3 is 11.9 Å². The van der Waals surface area contributed by atoms with E-state index in [-0.39, 0.29) is 24.9 Å². The lowest BCUT2D eigenvalue weighted by Gasteiger charge is -2.06. The van der Waals surface area contributed by atoms with Crippen LogP contribution in [0.3, 0.4) is 0 Å². The normalized spacial score (nSPS) is 10.2. The third kappa shape index (κ3) is 12.7. The van der Waals surface area contributed by atoms with E-state index in [1.165, 1.54) is 7.11 Å². The molecule has 0 unspecified atom stereocenters. The van der Waals surface area contributed by atoms with Crippen LogP contribution in [-0.4, -0.2) is 37.4 Å². The van der Waals surface area contributed by atoms with E-state index in [1.54, 1.807) is 19.1 Å². The van der Waals surface area contributed by atoms with E-state index in [9.17, 15) is 14.7 Å². The number of carbonyl (C=O) groups excluding carboxylic acids is 2. The van der Waals surface area contributed by atoms with Crippen molar-refractivity contribution in [2.24, 2.45) is 0 Å². The largest absolute Gasteiger partial charge is 0.508 e. The molecule has 0 heterocycles. The van der Waals surface area contributed by atoms with Gasteiger partial charge in [-0.2, -0.15) is 0 Å². The van der Waals surface area contributed by atoms with Crippen LogP contribution in [0.5, 0.6) is 11.5 Å². The predicted octanol–water partition coefficient (Wildman–Crippen LogP) is 5.74. The minimum absolute atomic E-state index is 0.110. The summed E-state index contributed by atoms with van der Waals surface area (Å²) in [5.74, 6) is 0.132. The van der Waals surface area contributed by atoms with E-state index in [2.05, 4.69) is 11.3 Å². The van der Waals surface area contributed by atoms with Gasteiger partial charge in [0.2, 0.25) is 0 Å². The molecule has 0 spiro atoms. The van der Waals surface area contributed by atoms with Crippen molar-refractivity contribution >= 4 is 24.1 Å². The number of esters is 2. The van der Waals surface area contributed by atoms with Crippen molar-refractivity contribution in [2.75, 3.05) is 20.3 Å². The second kappa shape index (κ2) is 15.7. The lowest BCUT2D eigenvalue weighted by molar-refractivity contribution is -0.144. The number of ether oxygens (including phenoxy) is 3. The van der Waals surface area contributed by atoms with Gasteiger partial charge in [0.25, 0.3) is 0 Å². The maximum absolute atomic E-state index is 11.6. The zero-order valence-corrected chi connectivity index (χ0v) is 20.1. The lowest BCUT2D eigenvalue weighted by atomic mass is 10.2.